The molecule has 162 valence electrons. The summed E-state index contributed by atoms with van der Waals surface area (Å²) >= 11 is 1.21. The molecule has 8 heteroatoms. The van der Waals surface area contributed by atoms with Crippen LogP contribution in [0.3, 0.4) is 0 Å². The first kappa shape index (κ1) is 21.5. The lowest BCUT2D eigenvalue weighted by Crippen LogP contribution is -2.19. The van der Waals surface area contributed by atoms with Crippen molar-refractivity contribution >= 4 is 35.0 Å². The summed E-state index contributed by atoms with van der Waals surface area (Å²) in [4.78, 5) is 16.4. The van der Waals surface area contributed by atoms with Crippen LogP contribution in [0.1, 0.15) is 11.1 Å². The van der Waals surface area contributed by atoms with E-state index < -0.39 is 0 Å². The summed E-state index contributed by atoms with van der Waals surface area (Å²) in [6, 6.07) is 22.8. The van der Waals surface area contributed by atoms with Gasteiger partial charge in [0.15, 0.2) is 17.1 Å². The number of ether oxygens (including phenoxy) is 2. The van der Waals surface area contributed by atoms with E-state index in [4.69, 9.17) is 13.9 Å². The maximum atomic E-state index is 12.1. The molecule has 0 atom stereocenters. The lowest BCUT2D eigenvalue weighted by Gasteiger charge is -2.11. The summed E-state index contributed by atoms with van der Waals surface area (Å²) in [5.41, 5.74) is 5.79. The van der Waals surface area contributed by atoms with Crippen LogP contribution < -0.4 is 14.9 Å². The number of para-hydroxylation sites is 2. The van der Waals surface area contributed by atoms with Crippen molar-refractivity contribution in [2.45, 2.75) is 11.8 Å². The first-order valence-corrected chi connectivity index (χ1v) is 10.8. The highest BCUT2D eigenvalue weighted by Gasteiger charge is 2.09. The van der Waals surface area contributed by atoms with Gasteiger partial charge in [-0.2, -0.15) is 5.10 Å². The Morgan fingerprint density at radius 3 is 2.72 bits per heavy atom. The molecule has 0 aliphatic carbocycles. The monoisotopic (exact) mass is 447 g/mol. The molecular formula is C24H21N3O4S. The van der Waals surface area contributed by atoms with Gasteiger partial charge < -0.3 is 13.9 Å². The molecule has 0 saturated heterocycles. The topological polar surface area (TPSA) is 86.0 Å². The zero-order chi connectivity index (χ0) is 22.2. The number of aromatic nitrogens is 1. The summed E-state index contributed by atoms with van der Waals surface area (Å²) in [7, 11) is 1.58. The van der Waals surface area contributed by atoms with Gasteiger partial charge in [0.05, 0.1) is 19.1 Å². The molecule has 1 N–H and O–H groups in total. The van der Waals surface area contributed by atoms with Crippen LogP contribution in [-0.4, -0.2) is 30.0 Å². The van der Waals surface area contributed by atoms with E-state index in [1.54, 1.807) is 19.4 Å². The molecule has 0 bridgehead atoms. The first-order chi connectivity index (χ1) is 15.7. The Bertz CT molecular complexity index is 1190. The number of benzene rings is 3. The lowest BCUT2D eigenvalue weighted by molar-refractivity contribution is -0.118. The zero-order valence-electron chi connectivity index (χ0n) is 17.4. The molecule has 0 fully saturated rings. The predicted octanol–water partition coefficient (Wildman–Crippen LogP) is 4.66. The van der Waals surface area contributed by atoms with Crippen LogP contribution >= 0.6 is 11.8 Å². The van der Waals surface area contributed by atoms with Gasteiger partial charge in [-0.1, -0.05) is 54.2 Å². The largest absolute Gasteiger partial charge is 0.493 e. The minimum absolute atomic E-state index is 0.139. The van der Waals surface area contributed by atoms with E-state index in [9.17, 15) is 4.79 Å². The second kappa shape index (κ2) is 10.5. The van der Waals surface area contributed by atoms with Crippen molar-refractivity contribution in [1.29, 1.82) is 0 Å². The minimum Gasteiger partial charge on any atom is -0.493 e. The van der Waals surface area contributed by atoms with Crippen molar-refractivity contribution in [3.8, 4) is 11.5 Å². The van der Waals surface area contributed by atoms with Gasteiger partial charge in [-0.15, -0.1) is 0 Å². The molecule has 4 rings (SSSR count). The Morgan fingerprint density at radius 2 is 1.91 bits per heavy atom. The van der Waals surface area contributed by atoms with E-state index in [0.29, 0.717) is 28.9 Å². The summed E-state index contributed by atoms with van der Waals surface area (Å²) in [6.07, 6.45) is 1.55. The summed E-state index contributed by atoms with van der Waals surface area (Å²) in [6.45, 7) is 0.443. The normalized spacial score (nSPS) is 11.0. The minimum atomic E-state index is -0.261. The molecule has 0 aliphatic rings. The van der Waals surface area contributed by atoms with Gasteiger partial charge in [0.1, 0.15) is 12.1 Å². The summed E-state index contributed by atoms with van der Waals surface area (Å²) in [5, 5.41) is 4.46. The molecule has 0 aliphatic heterocycles. The maximum absolute atomic E-state index is 12.1. The predicted molar refractivity (Wildman–Crippen MR) is 124 cm³/mol. The first-order valence-electron chi connectivity index (χ1n) is 9.86. The van der Waals surface area contributed by atoms with Gasteiger partial charge in [0, 0.05) is 0 Å². The Morgan fingerprint density at radius 1 is 1.09 bits per heavy atom. The third kappa shape index (κ3) is 5.67. The van der Waals surface area contributed by atoms with Crippen LogP contribution in [0.5, 0.6) is 11.5 Å². The molecule has 32 heavy (non-hydrogen) atoms. The van der Waals surface area contributed by atoms with E-state index in [1.165, 1.54) is 11.8 Å². The number of oxazole rings is 1. The van der Waals surface area contributed by atoms with Crippen LogP contribution in [0, 0.1) is 0 Å². The Hall–Kier alpha value is -3.78. The van der Waals surface area contributed by atoms with E-state index in [0.717, 1.165) is 16.6 Å². The Kier molecular flexibility index (Phi) is 7.04. The molecule has 0 unspecified atom stereocenters. The third-order valence-electron chi connectivity index (χ3n) is 4.43. The number of carbonyl (C=O) groups is 1. The van der Waals surface area contributed by atoms with Crippen LogP contribution in [0.15, 0.2) is 87.5 Å². The number of nitrogens with zero attached hydrogens (tertiary/aromatic N) is 2. The van der Waals surface area contributed by atoms with Crippen LogP contribution in [0.2, 0.25) is 0 Å². The zero-order valence-corrected chi connectivity index (χ0v) is 18.2. The Balaban J connectivity index is 1.28. The highest BCUT2D eigenvalue weighted by molar-refractivity contribution is 7.99. The second-order valence-electron chi connectivity index (χ2n) is 6.71. The van der Waals surface area contributed by atoms with Crippen molar-refractivity contribution in [3.63, 3.8) is 0 Å². The van der Waals surface area contributed by atoms with Gasteiger partial charge in [-0.05, 0) is 41.5 Å². The van der Waals surface area contributed by atoms with Gasteiger partial charge >= 0.3 is 0 Å². The number of amides is 1. The molecule has 1 aromatic heterocycles. The molecular weight excluding hydrogens is 426 g/mol. The second-order valence-corrected chi connectivity index (χ2v) is 7.64. The van der Waals surface area contributed by atoms with Gasteiger partial charge in [0.25, 0.3) is 11.1 Å². The van der Waals surface area contributed by atoms with E-state index in [-0.39, 0.29) is 11.7 Å². The standard InChI is InChI=1S/C24H21N3O4S/c1-29-22-13-18(11-12-21(22)30-15-17-7-3-2-4-8-17)14-25-27-23(28)16-32-24-26-19-9-5-6-10-20(19)31-24/h2-14H,15-16H2,1H3,(H,27,28). The number of fused-ring (bicyclic) bond motifs is 1. The number of hydrogen-bond donors (Lipinski definition) is 1. The quantitative estimate of drug-likeness (QED) is 0.228. The summed E-state index contributed by atoms with van der Waals surface area (Å²) in [5.74, 6) is 1.10. The fourth-order valence-electron chi connectivity index (χ4n) is 2.87. The molecule has 1 heterocycles. The molecule has 0 radical (unpaired) electrons. The molecule has 4 aromatic rings. The average molecular weight is 448 g/mol. The van der Waals surface area contributed by atoms with Crippen molar-refractivity contribution in [3.05, 3.63) is 83.9 Å². The molecule has 0 saturated carbocycles. The van der Waals surface area contributed by atoms with Crippen LogP contribution in [0.25, 0.3) is 11.1 Å². The number of carbonyl (C=O) groups excluding carboxylic acids is 1. The number of rotatable bonds is 9. The molecule has 3 aromatic carbocycles. The van der Waals surface area contributed by atoms with Crippen LogP contribution in [0.4, 0.5) is 0 Å². The van der Waals surface area contributed by atoms with Crippen molar-refractivity contribution in [1.82, 2.24) is 10.4 Å². The number of hydrazone groups is 1. The highest BCUT2D eigenvalue weighted by Crippen LogP contribution is 2.28. The third-order valence-corrected chi connectivity index (χ3v) is 5.26. The Labute approximate surface area is 189 Å². The molecule has 7 nitrogen and oxygen atoms in total. The van der Waals surface area contributed by atoms with Crippen LogP contribution in [-0.2, 0) is 11.4 Å². The van der Waals surface area contributed by atoms with Crippen molar-refractivity contribution < 1.29 is 18.7 Å². The number of nitrogens with one attached hydrogen (secondary N) is 1. The lowest BCUT2D eigenvalue weighted by atomic mass is 10.2. The summed E-state index contributed by atoms with van der Waals surface area (Å²) < 4.78 is 16.9. The van der Waals surface area contributed by atoms with E-state index in [1.807, 2.05) is 66.7 Å². The fraction of sp³-hybridized carbons (Fsp3) is 0.125. The van der Waals surface area contributed by atoms with Gasteiger partial charge in [-0.3, -0.25) is 4.79 Å². The SMILES string of the molecule is COc1cc(C=NNC(=O)CSc2nc3ccccc3o2)ccc1OCc1ccccc1. The van der Waals surface area contributed by atoms with Gasteiger partial charge in [0.2, 0.25) is 0 Å². The van der Waals surface area contributed by atoms with E-state index >= 15 is 0 Å². The molecule has 1 amide bonds. The van der Waals surface area contributed by atoms with Crippen molar-refractivity contribution in [2.24, 2.45) is 5.10 Å². The number of hydrogen-bond acceptors (Lipinski definition) is 7. The average Bonchev–Trinajstić information content (AvgIpc) is 3.25. The van der Waals surface area contributed by atoms with E-state index in [2.05, 4.69) is 15.5 Å². The van der Waals surface area contributed by atoms with Crippen molar-refractivity contribution in [2.75, 3.05) is 12.9 Å². The smallest absolute Gasteiger partial charge is 0.257 e. The maximum Gasteiger partial charge on any atom is 0.257 e. The van der Waals surface area contributed by atoms with Gasteiger partial charge in [-0.25, -0.2) is 10.4 Å². The number of methoxy groups -OCH3 is 1. The highest BCUT2D eigenvalue weighted by atomic mass is 32.2. The fourth-order valence-corrected chi connectivity index (χ4v) is 3.50. The number of thioether (sulfide) groups is 1. The molecule has 0 spiro atoms.